The van der Waals surface area contributed by atoms with Gasteiger partial charge in [0.25, 0.3) is 5.17 Å². The van der Waals surface area contributed by atoms with Gasteiger partial charge in [0.2, 0.25) is 0 Å². The molecular formula is C10H23NO4SSi. The summed E-state index contributed by atoms with van der Waals surface area (Å²) in [5.41, 5.74) is 5.25. The Morgan fingerprint density at radius 3 is 1.88 bits per heavy atom. The Morgan fingerprint density at radius 1 is 1.06 bits per heavy atom. The molecule has 0 aromatic carbocycles. The first-order chi connectivity index (χ1) is 8.10. The second kappa shape index (κ2) is 9.78. The molecule has 0 aliphatic heterocycles. The van der Waals surface area contributed by atoms with Crippen molar-refractivity contribution in [1.82, 2.24) is 0 Å². The lowest BCUT2D eigenvalue weighted by atomic mass is 10.5. The van der Waals surface area contributed by atoms with Gasteiger partial charge in [-0.05, 0) is 39.4 Å². The van der Waals surface area contributed by atoms with Gasteiger partial charge in [-0.2, -0.15) is 0 Å². The highest BCUT2D eigenvalue weighted by atomic mass is 32.1. The molecule has 2 N–H and O–H groups in total. The minimum Gasteiger partial charge on any atom is -0.471 e. The number of hydrogen-bond donors (Lipinski definition) is 1. The van der Waals surface area contributed by atoms with Crippen LogP contribution in [0.1, 0.15) is 27.2 Å². The molecule has 7 heteroatoms. The van der Waals surface area contributed by atoms with Crippen molar-refractivity contribution in [2.75, 3.05) is 26.4 Å². The summed E-state index contributed by atoms with van der Waals surface area (Å²) in [6.45, 7) is 8.03. The summed E-state index contributed by atoms with van der Waals surface area (Å²) in [5.74, 6) is 0. The smallest absolute Gasteiger partial charge is 0.471 e. The molecule has 0 bridgehead atoms. The van der Waals surface area contributed by atoms with Gasteiger partial charge in [-0.1, -0.05) is 0 Å². The molecule has 0 aliphatic rings. The molecule has 0 aliphatic carbocycles. The summed E-state index contributed by atoms with van der Waals surface area (Å²) >= 11 is 4.63. The van der Waals surface area contributed by atoms with E-state index in [0.29, 0.717) is 32.5 Å². The number of nitrogens with two attached hydrogens (primary N) is 1. The molecule has 0 fully saturated rings. The number of hydrogen-bond acceptors (Lipinski definition) is 5. The van der Waals surface area contributed by atoms with Crippen molar-refractivity contribution < 1.29 is 18.0 Å². The minimum absolute atomic E-state index is 0.0708. The maximum Gasteiger partial charge on any atom is 0.501 e. The molecular weight excluding hydrogens is 258 g/mol. The van der Waals surface area contributed by atoms with Crippen LogP contribution < -0.4 is 5.73 Å². The summed E-state index contributed by atoms with van der Waals surface area (Å²) in [7, 11) is -2.53. The maximum absolute atomic E-state index is 5.69. The van der Waals surface area contributed by atoms with E-state index in [1.54, 1.807) is 0 Å². The Hall–Kier alpha value is -0.213. The highest BCUT2D eigenvalue weighted by molar-refractivity contribution is 7.80. The van der Waals surface area contributed by atoms with Crippen molar-refractivity contribution >= 4 is 26.2 Å². The van der Waals surface area contributed by atoms with E-state index < -0.39 is 8.80 Å². The Morgan fingerprint density at radius 2 is 1.53 bits per heavy atom. The third-order valence-electron chi connectivity index (χ3n) is 1.96. The van der Waals surface area contributed by atoms with Crippen molar-refractivity contribution in [1.29, 1.82) is 0 Å². The highest BCUT2D eigenvalue weighted by Gasteiger charge is 2.39. The molecule has 0 aromatic heterocycles. The number of ether oxygens (including phenoxy) is 1. The third kappa shape index (κ3) is 7.66. The molecule has 0 unspecified atom stereocenters. The largest absolute Gasteiger partial charge is 0.501 e. The van der Waals surface area contributed by atoms with Gasteiger partial charge < -0.3 is 23.7 Å². The lowest BCUT2D eigenvalue weighted by Gasteiger charge is -2.28. The predicted molar refractivity (Wildman–Crippen MR) is 72.8 cm³/mol. The minimum atomic E-state index is -2.53. The summed E-state index contributed by atoms with van der Waals surface area (Å²) in [4.78, 5) is 0. The quantitative estimate of drug-likeness (QED) is 0.373. The molecule has 0 spiro atoms. The third-order valence-corrected chi connectivity index (χ3v) is 5.23. The van der Waals surface area contributed by atoms with E-state index in [1.807, 2.05) is 20.8 Å². The number of rotatable bonds is 10. The first-order valence-corrected chi connectivity index (χ1v) is 8.28. The van der Waals surface area contributed by atoms with Crippen LogP contribution in [0.3, 0.4) is 0 Å². The van der Waals surface area contributed by atoms with Gasteiger partial charge in [-0.15, -0.1) is 0 Å². The molecule has 17 heavy (non-hydrogen) atoms. The van der Waals surface area contributed by atoms with Crippen molar-refractivity contribution in [2.24, 2.45) is 5.73 Å². The van der Waals surface area contributed by atoms with E-state index >= 15 is 0 Å². The van der Waals surface area contributed by atoms with Gasteiger partial charge in [0.15, 0.2) is 0 Å². The highest BCUT2D eigenvalue weighted by Crippen LogP contribution is 2.18. The van der Waals surface area contributed by atoms with Crippen molar-refractivity contribution in [3.63, 3.8) is 0 Å². The fraction of sp³-hybridized carbons (Fsp3) is 0.900. The zero-order valence-electron chi connectivity index (χ0n) is 10.9. The van der Waals surface area contributed by atoms with E-state index in [9.17, 15) is 0 Å². The van der Waals surface area contributed by atoms with Crippen molar-refractivity contribution in [3.05, 3.63) is 0 Å². The van der Waals surface area contributed by atoms with Crippen LogP contribution in [-0.4, -0.2) is 40.4 Å². The Kier molecular flexibility index (Phi) is 9.66. The molecule has 0 rings (SSSR count). The van der Waals surface area contributed by atoms with Crippen molar-refractivity contribution in [3.8, 4) is 0 Å². The van der Waals surface area contributed by atoms with E-state index in [-0.39, 0.29) is 5.17 Å². The Labute approximate surface area is 110 Å². The molecule has 102 valence electrons. The van der Waals surface area contributed by atoms with E-state index in [1.165, 1.54) is 0 Å². The summed E-state index contributed by atoms with van der Waals surface area (Å²) in [6.07, 6.45) is 0.754. The predicted octanol–water partition coefficient (Wildman–Crippen LogP) is 1.69. The second-order valence-electron chi connectivity index (χ2n) is 3.25. The average molecular weight is 281 g/mol. The van der Waals surface area contributed by atoms with Gasteiger partial charge in [0, 0.05) is 25.9 Å². The van der Waals surface area contributed by atoms with Gasteiger partial charge in [-0.3, -0.25) is 0 Å². The van der Waals surface area contributed by atoms with Gasteiger partial charge in [0.1, 0.15) is 0 Å². The van der Waals surface area contributed by atoms with Gasteiger partial charge in [-0.25, -0.2) is 0 Å². The van der Waals surface area contributed by atoms with Crippen LogP contribution in [-0.2, 0) is 18.0 Å². The normalized spacial score (nSPS) is 11.5. The lowest BCUT2D eigenvalue weighted by molar-refractivity contribution is 0.0695. The topological polar surface area (TPSA) is 62.9 Å². The Bertz CT molecular complexity index is 201. The molecule has 0 heterocycles. The summed E-state index contributed by atoms with van der Waals surface area (Å²) in [6, 6.07) is 0.713. The summed E-state index contributed by atoms with van der Waals surface area (Å²) < 4.78 is 22.1. The zero-order chi connectivity index (χ0) is 13.1. The van der Waals surface area contributed by atoms with E-state index in [0.717, 1.165) is 6.42 Å². The monoisotopic (exact) mass is 281 g/mol. The molecule has 0 radical (unpaired) electrons. The van der Waals surface area contributed by atoms with Crippen LogP contribution >= 0.6 is 12.2 Å². The number of thiocarbonyl (C=S) groups is 1. The molecule has 0 saturated heterocycles. The standard InChI is InChI=1S/C10H23NO4SSi/c1-4-13-17(14-5-2,15-6-3)9-7-8-12-10(11)16/h4-9H2,1-3H3,(H2,11,16). The molecule has 0 amide bonds. The van der Waals surface area contributed by atoms with Crippen LogP contribution in [0.2, 0.25) is 6.04 Å². The fourth-order valence-corrected chi connectivity index (χ4v) is 4.13. The first kappa shape index (κ1) is 16.8. The zero-order valence-corrected chi connectivity index (χ0v) is 12.7. The first-order valence-electron chi connectivity index (χ1n) is 5.94. The van der Waals surface area contributed by atoms with Crippen LogP contribution in [0.15, 0.2) is 0 Å². The molecule has 0 aromatic rings. The van der Waals surface area contributed by atoms with Crippen LogP contribution in [0.25, 0.3) is 0 Å². The van der Waals surface area contributed by atoms with E-state index in [4.69, 9.17) is 23.7 Å². The Balaban J connectivity index is 4.18. The average Bonchev–Trinajstić information content (AvgIpc) is 2.25. The van der Waals surface area contributed by atoms with Crippen LogP contribution in [0.5, 0.6) is 0 Å². The lowest BCUT2D eigenvalue weighted by Crippen LogP contribution is -2.46. The summed E-state index contributed by atoms with van der Waals surface area (Å²) in [5, 5.41) is 0.0708. The van der Waals surface area contributed by atoms with Gasteiger partial charge >= 0.3 is 8.80 Å². The van der Waals surface area contributed by atoms with E-state index in [2.05, 4.69) is 12.2 Å². The maximum atomic E-state index is 5.69. The molecule has 5 nitrogen and oxygen atoms in total. The second-order valence-corrected chi connectivity index (χ2v) is 6.39. The van der Waals surface area contributed by atoms with Gasteiger partial charge in [0.05, 0.1) is 6.61 Å². The van der Waals surface area contributed by atoms with Crippen LogP contribution in [0, 0.1) is 0 Å². The van der Waals surface area contributed by atoms with Crippen LogP contribution in [0.4, 0.5) is 0 Å². The fourth-order valence-electron chi connectivity index (χ4n) is 1.46. The molecule has 0 atom stereocenters. The SMILES string of the molecule is CCO[Si](CCCOC(N)=S)(OCC)OCC. The van der Waals surface area contributed by atoms with Crippen molar-refractivity contribution in [2.45, 2.75) is 33.2 Å². The molecule has 0 saturated carbocycles.